The number of para-hydroxylation sites is 1. The van der Waals surface area contributed by atoms with Gasteiger partial charge in [-0.1, -0.05) is 179 Å². The molecular formula is C67H58N2. The summed E-state index contributed by atoms with van der Waals surface area (Å²) < 4.78 is 2.50. The van der Waals surface area contributed by atoms with Crippen molar-refractivity contribution in [3.63, 3.8) is 0 Å². The molecule has 2 nitrogen and oxygen atoms in total. The molecule has 0 spiro atoms. The van der Waals surface area contributed by atoms with Crippen LogP contribution in [-0.4, -0.2) is 4.57 Å². The molecule has 3 aliphatic rings. The molecule has 0 N–H and O–H groups in total. The van der Waals surface area contributed by atoms with Gasteiger partial charge in [0.25, 0.3) is 0 Å². The number of benzene rings is 9. The van der Waals surface area contributed by atoms with Crippen LogP contribution in [0, 0.1) is 0 Å². The minimum absolute atomic E-state index is 0.103. The van der Waals surface area contributed by atoms with Crippen molar-refractivity contribution in [2.75, 3.05) is 4.90 Å². The van der Waals surface area contributed by atoms with Crippen LogP contribution >= 0.6 is 0 Å². The van der Waals surface area contributed by atoms with Crippen LogP contribution < -0.4 is 4.90 Å². The van der Waals surface area contributed by atoms with Crippen molar-refractivity contribution in [2.45, 2.75) is 82.5 Å². The number of hydrogen-bond acceptors (Lipinski definition) is 1. The monoisotopic (exact) mass is 890 g/mol. The Bertz CT molecular complexity index is 3430. The zero-order chi connectivity index (χ0) is 46.1. The lowest BCUT2D eigenvalue weighted by Gasteiger charge is -2.30. The Labute approximate surface area is 407 Å². The molecule has 69 heavy (non-hydrogen) atoms. The van der Waals surface area contributed by atoms with Gasteiger partial charge in [-0.3, -0.25) is 0 Å². The van der Waals surface area contributed by atoms with E-state index in [9.17, 15) is 0 Å². The predicted octanol–water partition coefficient (Wildman–Crippen LogP) is 18.9. The van der Waals surface area contributed by atoms with E-state index in [-0.39, 0.29) is 5.41 Å². The number of anilines is 3. The van der Waals surface area contributed by atoms with Gasteiger partial charge in [-0.15, -0.1) is 0 Å². The maximum absolute atomic E-state index is 2.54. The molecule has 0 bridgehead atoms. The Kier molecular flexibility index (Phi) is 10.3. The number of aromatic nitrogens is 1. The highest BCUT2D eigenvalue weighted by Crippen LogP contribution is 2.51. The first-order chi connectivity index (χ1) is 34.0. The van der Waals surface area contributed by atoms with E-state index in [1.807, 2.05) is 0 Å². The molecule has 0 amide bonds. The quantitative estimate of drug-likeness (QED) is 0.140. The third-order valence-electron chi connectivity index (χ3n) is 16.3. The molecule has 336 valence electrons. The molecule has 3 aliphatic carbocycles. The summed E-state index contributed by atoms with van der Waals surface area (Å²) in [6, 6.07) is 77.8. The molecule has 0 unspecified atom stereocenters. The molecule has 2 fully saturated rings. The highest BCUT2D eigenvalue weighted by molar-refractivity contribution is 6.10. The third kappa shape index (κ3) is 7.23. The lowest BCUT2D eigenvalue weighted by molar-refractivity contribution is 0.660. The van der Waals surface area contributed by atoms with E-state index in [0.717, 1.165) is 17.1 Å². The van der Waals surface area contributed by atoms with Crippen LogP contribution in [0.5, 0.6) is 0 Å². The Hall–Kier alpha value is -7.42. The molecule has 0 saturated heterocycles. The van der Waals surface area contributed by atoms with Gasteiger partial charge in [0.05, 0.1) is 16.7 Å². The second-order valence-electron chi connectivity index (χ2n) is 20.6. The zero-order valence-electron chi connectivity index (χ0n) is 39.8. The fourth-order valence-electron chi connectivity index (χ4n) is 12.6. The second kappa shape index (κ2) is 17.0. The largest absolute Gasteiger partial charge is 0.310 e. The Morgan fingerprint density at radius 2 is 0.870 bits per heavy atom. The minimum Gasteiger partial charge on any atom is -0.310 e. The first-order valence-corrected chi connectivity index (χ1v) is 25.5. The topological polar surface area (TPSA) is 8.17 Å². The van der Waals surface area contributed by atoms with E-state index in [0.29, 0.717) is 11.8 Å². The van der Waals surface area contributed by atoms with Crippen LogP contribution in [0.4, 0.5) is 17.1 Å². The van der Waals surface area contributed by atoms with Crippen molar-refractivity contribution < 1.29 is 0 Å². The molecular weight excluding hydrogens is 833 g/mol. The maximum Gasteiger partial charge on any atom is 0.0541 e. The molecule has 0 atom stereocenters. The lowest BCUT2D eigenvalue weighted by Crippen LogP contribution is -2.16. The van der Waals surface area contributed by atoms with Crippen LogP contribution in [0.15, 0.2) is 206 Å². The van der Waals surface area contributed by atoms with Crippen LogP contribution in [0.25, 0.3) is 72.0 Å². The highest BCUT2D eigenvalue weighted by atomic mass is 15.1. The normalized spacial score (nSPS) is 15.5. The van der Waals surface area contributed by atoms with Crippen LogP contribution in [0.1, 0.15) is 99.3 Å². The van der Waals surface area contributed by atoms with Crippen molar-refractivity contribution in [1.82, 2.24) is 4.57 Å². The summed E-state index contributed by atoms with van der Waals surface area (Å²) in [6.07, 6.45) is 10.7. The summed E-state index contributed by atoms with van der Waals surface area (Å²) in [4.78, 5) is 2.44. The van der Waals surface area contributed by atoms with Crippen molar-refractivity contribution in [3.8, 4) is 50.2 Å². The number of hydrogen-bond donors (Lipinski definition) is 0. The summed E-state index contributed by atoms with van der Waals surface area (Å²) in [5, 5.41) is 2.82. The van der Waals surface area contributed by atoms with Crippen molar-refractivity contribution in [1.29, 1.82) is 0 Å². The van der Waals surface area contributed by atoms with Gasteiger partial charge in [-0.25, -0.2) is 0 Å². The summed E-state index contributed by atoms with van der Waals surface area (Å²) in [6.45, 7) is 4.73. The van der Waals surface area contributed by atoms with E-state index < -0.39 is 0 Å². The molecule has 2 saturated carbocycles. The van der Waals surface area contributed by atoms with Crippen molar-refractivity contribution >= 4 is 38.9 Å². The standard InChI is InChI=1S/C67H58N2/c1-67(2)62-22-12-10-21-58(62)59-39-38-56(44-63(59)67)68(64-23-13-11-20-57(64)51-18-4-3-5-19-51)54-34-28-49(29-35-54)47-24-26-48(27-25-47)50-30-36-55(37-31-50)69-65-40-32-52(45-14-6-7-15-45)42-60(65)61-43-53(33-41-66(61)69)46-16-8-9-17-46/h3-5,10-13,18-46H,6-9,14-17H2,1-2H3. The highest BCUT2D eigenvalue weighted by Gasteiger charge is 2.36. The van der Waals surface area contributed by atoms with E-state index >= 15 is 0 Å². The summed E-state index contributed by atoms with van der Waals surface area (Å²) in [5.41, 5.74) is 22.9. The number of rotatable bonds is 9. The summed E-state index contributed by atoms with van der Waals surface area (Å²) in [5.74, 6) is 1.39. The lowest BCUT2D eigenvalue weighted by atomic mass is 9.82. The van der Waals surface area contributed by atoms with E-state index in [1.165, 1.54) is 146 Å². The number of nitrogens with zero attached hydrogens (tertiary/aromatic N) is 2. The summed E-state index contributed by atoms with van der Waals surface area (Å²) >= 11 is 0. The van der Waals surface area contributed by atoms with Crippen molar-refractivity contribution in [2.24, 2.45) is 0 Å². The van der Waals surface area contributed by atoms with E-state index in [4.69, 9.17) is 0 Å². The minimum atomic E-state index is -0.103. The van der Waals surface area contributed by atoms with Gasteiger partial charge in [-0.05, 0) is 165 Å². The van der Waals surface area contributed by atoms with Crippen LogP contribution in [0.2, 0.25) is 0 Å². The molecule has 0 radical (unpaired) electrons. The SMILES string of the molecule is CC1(C)c2ccccc2-c2ccc(N(c3ccc(-c4ccc(-c5ccc(-n6c7ccc(C8CCCC8)cc7c7cc(C8CCCC8)ccc76)cc5)cc4)cc3)c3ccccc3-c3ccccc3)cc21. The molecule has 1 heterocycles. The molecule has 0 aliphatic heterocycles. The predicted molar refractivity (Wildman–Crippen MR) is 292 cm³/mol. The van der Waals surface area contributed by atoms with Crippen molar-refractivity contribution in [3.05, 3.63) is 229 Å². The molecule has 13 rings (SSSR count). The second-order valence-corrected chi connectivity index (χ2v) is 20.6. The first-order valence-electron chi connectivity index (χ1n) is 25.5. The van der Waals surface area contributed by atoms with Gasteiger partial charge in [0, 0.05) is 38.8 Å². The van der Waals surface area contributed by atoms with Gasteiger partial charge in [0.15, 0.2) is 0 Å². The fraction of sp³-hybridized carbons (Fsp3) is 0.194. The molecule has 1 aromatic heterocycles. The van der Waals surface area contributed by atoms with Gasteiger partial charge >= 0.3 is 0 Å². The first kappa shape index (κ1) is 41.7. The average molecular weight is 891 g/mol. The van der Waals surface area contributed by atoms with E-state index in [2.05, 4.69) is 230 Å². The molecule has 9 aromatic carbocycles. The van der Waals surface area contributed by atoms with Crippen LogP contribution in [-0.2, 0) is 5.41 Å². The third-order valence-corrected chi connectivity index (χ3v) is 16.3. The smallest absolute Gasteiger partial charge is 0.0541 e. The Morgan fingerprint density at radius 1 is 0.391 bits per heavy atom. The van der Waals surface area contributed by atoms with E-state index in [1.54, 1.807) is 0 Å². The Morgan fingerprint density at radius 3 is 1.46 bits per heavy atom. The molecule has 10 aromatic rings. The summed E-state index contributed by atoms with van der Waals surface area (Å²) in [7, 11) is 0. The molecule has 2 heteroatoms. The zero-order valence-corrected chi connectivity index (χ0v) is 39.8. The fourth-order valence-corrected chi connectivity index (χ4v) is 12.6. The maximum atomic E-state index is 2.54. The van der Waals surface area contributed by atoms with Gasteiger partial charge < -0.3 is 9.47 Å². The average Bonchev–Trinajstić information content (AvgIpc) is 4.24. The van der Waals surface area contributed by atoms with Crippen LogP contribution in [0.3, 0.4) is 0 Å². The van der Waals surface area contributed by atoms with Gasteiger partial charge in [0.2, 0.25) is 0 Å². The van der Waals surface area contributed by atoms with Gasteiger partial charge in [-0.2, -0.15) is 0 Å². The number of fused-ring (bicyclic) bond motifs is 6. The Balaban J connectivity index is 0.813. The van der Waals surface area contributed by atoms with Gasteiger partial charge in [0.1, 0.15) is 0 Å².